The standard InChI is InChI=1S/C20H25N5O2/c1-2-25-17-6-4-3-5-15(17)22-20(25)24-11-13-9-23(10-14(13)12-24)19(27)16-7-8-18(26)21-16/h3-6,13-14,16H,2,7-12H2,1H3,(H,21,26). The van der Waals surface area contributed by atoms with Crippen LogP contribution in [0.25, 0.3) is 11.0 Å². The van der Waals surface area contributed by atoms with Crippen LogP contribution in [0.15, 0.2) is 24.3 Å². The van der Waals surface area contributed by atoms with Crippen molar-refractivity contribution in [3.8, 4) is 0 Å². The maximum Gasteiger partial charge on any atom is 0.245 e. The number of aromatic nitrogens is 2. The van der Waals surface area contributed by atoms with Crippen molar-refractivity contribution in [3.63, 3.8) is 0 Å². The number of imidazole rings is 1. The van der Waals surface area contributed by atoms with Crippen LogP contribution < -0.4 is 10.2 Å². The second-order valence-corrected chi connectivity index (χ2v) is 7.97. The summed E-state index contributed by atoms with van der Waals surface area (Å²) in [5.41, 5.74) is 2.22. The summed E-state index contributed by atoms with van der Waals surface area (Å²) in [6.07, 6.45) is 1.11. The Morgan fingerprint density at radius 1 is 1.19 bits per heavy atom. The fraction of sp³-hybridized carbons (Fsp3) is 0.550. The van der Waals surface area contributed by atoms with Crippen LogP contribution in [0.5, 0.6) is 0 Å². The Kier molecular flexibility index (Phi) is 3.84. The average molecular weight is 367 g/mol. The molecule has 7 nitrogen and oxygen atoms in total. The lowest BCUT2D eigenvalue weighted by Gasteiger charge is -2.24. The van der Waals surface area contributed by atoms with Gasteiger partial charge in [0, 0.05) is 51.0 Å². The summed E-state index contributed by atoms with van der Waals surface area (Å²) in [5.74, 6) is 2.11. The van der Waals surface area contributed by atoms with E-state index in [1.165, 1.54) is 5.52 Å². The van der Waals surface area contributed by atoms with E-state index in [2.05, 4.69) is 39.9 Å². The van der Waals surface area contributed by atoms with Crippen LogP contribution in [0.1, 0.15) is 19.8 Å². The van der Waals surface area contributed by atoms with E-state index in [0.717, 1.165) is 44.2 Å². The molecule has 3 atom stereocenters. The number of nitrogens with one attached hydrogen (secondary N) is 1. The zero-order chi connectivity index (χ0) is 18.5. The summed E-state index contributed by atoms with van der Waals surface area (Å²) in [7, 11) is 0. The minimum Gasteiger partial charge on any atom is -0.344 e. The van der Waals surface area contributed by atoms with E-state index < -0.39 is 0 Å². The molecule has 1 aromatic heterocycles. The highest BCUT2D eigenvalue weighted by molar-refractivity contribution is 5.91. The van der Waals surface area contributed by atoms with Gasteiger partial charge in [-0.15, -0.1) is 0 Å². The molecular weight excluding hydrogens is 342 g/mol. The van der Waals surface area contributed by atoms with Crippen LogP contribution in [0.4, 0.5) is 5.95 Å². The van der Waals surface area contributed by atoms with Crippen molar-refractivity contribution < 1.29 is 9.59 Å². The molecule has 0 bridgehead atoms. The van der Waals surface area contributed by atoms with Crippen molar-refractivity contribution in [2.45, 2.75) is 32.4 Å². The fourth-order valence-electron chi connectivity index (χ4n) is 4.97. The van der Waals surface area contributed by atoms with Gasteiger partial charge in [0.2, 0.25) is 17.8 Å². The van der Waals surface area contributed by atoms with E-state index in [0.29, 0.717) is 24.7 Å². The van der Waals surface area contributed by atoms with Gasteiger partial charge in [0.15, 0.2) is 0 Å². The van der Waals surface area contributed by atoms with E-state index in [4.69, 9.17) is 4.98 Å². The lowest BCUT2D eigenvalue weighted by atomic mass is 10.0. The second-order valence-electron chi connectivity index (χ2n) is 7.97. The molecule has 0 saturated carbocycles. The Morgan fingerprint density at radius 3 is 2.59 bits per heavy atom. The van der Waals surface area contributed by atoms with Gasteiger partial charge < -0.3 is 19.7 Å². The zero-order valence-electron chi connectivity index (χ0n) is 15.6. The van der Waals surface area contributed by atoms with E-state index in [1.807, 2.05) is 11.0 Å². The van der Waals surface area contributed by atoms with E-state index in [9.17, 15) is 9.59 Å². The molecule has 1 N–H and O–H groups in total. The minimum absolute atomic E-state index is 0.00242. The molecule has 2 aromatic rings. The Balaban J connectivity index is 1.30. The number of likely N-dealkylation sites (tertiary alicyclic amines) is 1. The van der Waals surface area contributed by atoms with Crippen LogP contribution in [-0.2, 0) is 16.1 Å². The van der Waals surface area contributed by atoms with Crippen molar-refractivity contribution in [2.24, 2.45) is 11.8 Å². The van der Waals surface area contributed by atoms with Gasteiger partial charge in [0.25, 0.3) is 0 Å². The Morgan fingerprint density at radius 2 is 1.93 bits per heavy atom. The van der Waals surface area contributed by atoms with Crippen LogP contribution in [0.2, 0.25) is 0 Å². The molecule has 1 aromatic carbocycles. The number of aryl methyl sites for hydroxylation is 1. The van der Waals surface area contributed by atoms with Gasteiger partial charge in [-0.25, -0.2) is 4.98 Å². The molecule has 0 aliphatic carbocycles. The molecule has 7 heteroatoms. The number of anilines is 1. The van der Waals surface area contributed by atoms with Crippen molar-refractivity contribution in [1.29, 1.82) is 0 Å². The number of benzene rings is 1. The lowest BCUT2D eigenvalue weighted by molar-refractivity contribution is -0.133. The van der Waals surface area contributed by atoms with Gasteiger partial charge in [-0.2, -0.15) is 0 Å². The molecule has 2 amide bonds. The fourth-order valence-corrected chi connectivity index (χ4v) is 4.97. The quantitative estimate of drug-likeness (QED) is 0.886. The van der Waals surface area contributed by atoms with Crippen molar-refractivity contribution in [2.75, 3.05) is 31.1 Å². The highest BCUT2D eigenvalue weighted by atomic mass is 16.2. The molecule has 3 saturated heterocycles. The number of carbonyl (C=O) groups is 2. The van der Waals surface area contributed by atoms with Gasteiger partial charge >= 0.3 is 0 Å². The first-order chi connectivity index (χ1) is 13.1. The summed E-state index contributed by atoms with van der Waals surface area (Å²) >= 11 is 0. The first-order valence-corrected chi connectivity index (χ1v) is 9.92. The number of hydrogen-bond donors (Lipinski definition) is 1. The van der Waals surface area contributed by atoms with Crippen LogP contribution in [-0.4, -0.2) is 58.5 Å². The molecule has 4 heterocycles. The van der Waals surface area contributed by atoms with Gasteiger partial charge in [-0.1, -0.05) is 12.1 Å². The molecule has 3 fully saturated rings. The number of para-hydroxylation sites is 2. The SMILES string of the molecule is CCn1c(N2CC3CN(C(=O)C4CCC(=O)N4)CC3C2)nc2ccccc21. The molecule has 3 aliphatic rings. The Bertz CT molecular complexity index is 893. The van der Waals surface area contributed by atoms with Gasteiger partial charge in [-0.3, -0.25) is 9.59 Å². The number of rotatable bonds is 3. The first kappa shape index (κ1) is 16.6. The maximum absolute atomic E-state index is 12.7. The summed E-state index contributed by atoms with van der Waals surface area (Å²) in [5, 5.41) is 2.81. The molecule has 5 rings (SSSR count). The van der Waals surface area contributed by atoms with Crippen LogP contribution >= 0.6 is 0 Å². The van der Waals surface area contributed by atoms with E-state index >= 15 is 0 Å². The molecular formula is C20H25N5O2. The lowest BCUT2D eigenvalue weighted by Crippen LogP contribution is -2.44. The Labute approximate surface area is 158 Å². The smallest absolute Gasteiger partial charge is 0.245 e. The van der Waals surface area contributed by atoms with Crippen molar-refractivity contribution in [1.82, 2.24) is 19.8 Å². The summed E-state index contributed by atoms with van der Waals surface area (Å²) < 4.78 is 2.29. The van der Waals surface area contributed by atoms with E-state index in [1.54, 1.807) is 0 Å². The number of fused-ring (bicyclic) bond motifs is 2. The average Bonchev–Trinajstić information content (AvgIpc) is 3.41. The maximum atomic E-state index is 12.7. The second kappa shape index (κ2) is 6.25. The number of nitrogens with zero attached hydrogens (tertiary/aromatic N) is 4. The Hall–Kier alpha value is -2.57. The number of hydrogen-bond acceptors (Lipinski definition) is 4. The first-order valence-electron chi connectivity index (χ1n) is 9.92. The van der Waals surface area contributed by atoms with Crippen LogP contribution in [0.3, 0.4) is 0 Å². The number of amides is 2. The number of carbonyl (C=O) groups excluding carboxylic acids is 2. The molecule has 0 spiro atoms. The van der Waals surface area contributed by atoms with Crippen molar-refractivity contribution in [3.05, 3.63) is 24.3 Å². The third kappa shape index (κ3) is 2.67. The third-order valence-corrected chi connectivity index (χ3v) is 6.32. The summed E-state index contributed by atoms with van der Waals surface area (Å²) in [4.78, 5) is 33.3. The monoisotopic (exact) mass is 367 g/mol. The molecule has 0 radical (unpaired) electrons. The predicted molar refractivity (Wildman–Crippen MR) is 102 cm³/mol. The highest BCUT2D eigenvalue weighted by Crippen LogP contribution is 2.35. The van der Waals surface area contributed by atoms with Gasteiger partial charge in [-0.05, 0) is 25.5 Å². The van der Waals surface area contributed by atoms with Crippen molar-refractivity contribution >= 4 is 28.8 Å². The predicted octanol–water partition coefficient (Wildman–Crippen LogP) is 1.23. The minimum atomic E-state index is -0.309. The molecule has 27 heavy (non-hydrogen) atoms. The van der Waals surface area contributed by atoms with Gasteiger partial charge in [0.05, 0.1) is 11.0 Å². The normalized spacial score (nSPS) is 27.4. The van der Waals surface area contributed by atoms with E-state index in [-0.39, 0.29) is 17.9 Å². The molecule has 3 aliphatic heterocycles. The molecule has 3 unspecified atom stereocenters. The summed E-state index contributed by atoms with van der Waals surface area (Å²) in [6, 6.07) is 7.98. The third-order valence-electron chi connectivity index (χ3n) is 6.32. The molecule has 142 valence electrons. The van der Waals surface area contributed by atoms with Gasteiger partial charge in [0.1, 0.15) is 6.04 Å². The largest absolute Gasteiger partial charge is 0.344 e. The highest BCUT2D eigenvalue weighted by Gasteiger charge is 2.44. The van der Waals surface area contributed by atoms with Crippen LogP contribution in [0, 0.1) is 11.8 Å². The summed E-state index contributed by atoms with van der Waals surface area (Å²) in [6.45, 7) is 6.51. The zero-order valence-corrected chi connectivity index (χ0v) is 15.6. The topological polar surface area (TPSA) is 70.5 Å².